The van der Waals surface area contributed by atoms with Gasteiger partial charge in [0.15, 0.2) is 0 Å². The number of β-amino-alcohol motifs (C(OH)–C–C–N with tert-alkyl or cyclic N) is 1. The lowest BCUT2D eigenvalue weighted by molar-refractivity contribution is -0.132. The van der Waals surface area contributed by atoms with E-state index in [2.05, 4.69) is 10.2 Å². The lowest BCUT2D eigenvalue weighted by atomic mass is 10.2. The average Bonchev–Trinajstić information content (AvgIpc) is 2.40. The number of carbonyl (C=O) groups excluding carboxylic acids is 1. The summed E-state index contributed by atoms with van der Waals surface area (Å²) in [6.45, 7) is 11.0. The van der Waals surface area contributed by atoms with Crippen molar-refractivity contribution in [1.82, 2.24) is 20.0 Å². The SMILES string of the molecule is CCN(CC)C(=O)CN(C)CC(O)CN1CCNCC1. The molecule has 0 aromatic carbocycles. The molecule has 0 bridgehead atoms. The Labute approximate surface area is 122 Å². The molecular weight excluding hydrogens is 256 g/mol. The van der Waals surface area contributed by atoms with E-state index in [1.54, 1.807) is 0 Å². The zero-order chi connectivity index (χ0) is 15.0. The van der Waals surface area contributed by atoms with E-state index < -0.39 is 6.10 Å². The Balaban J connectivity index is 2.26. The highest BCUT2D eigenvalue weighted by molar-refractivity contribution is 5.78. The Morgan fingerprint density at radius 3 is 2.45 bits per heavy atom. The zero-order valence-electron chi connectivity index (χ0n) is 13.1. The van der Waals surface area contributed by atoms with Gasteiger partial charge in [-0.3, -0.25) is 14.6 Å². The van der Waals surface area contributed by atoms with Crippen LogP contribution in [0.5, 0.6) is 0 Å². The predicted octanol–water partition coefficient (Wildman–Crippen LogP) is -0.947. The first-order valence-electron chi connectivity index (χ1n) is 7.64. The van der Waals surface area contributed by atoms with Crippen LogP contribution in [0.25, 0.3) is 0 Å². The van der Waals surface area contributed by atoms with Crippen molar-refractivity contribution in [2.24, 2.45) is 0 Å². The van der Waals surface area contributed by atoms with Gasteiger partial charge in [-0.2, -0.15) is 0 Å². The summed E-state index contributed by atoms with van der Waals surface area (Å²) < 4.78 is 0. The molecule has 6 heteroatoms. The molecule has 0 saturated carbocycles. The molecule has 1 saturated heterocycles. The maximum Gasteiger partial charge on any atom is 0.236 e. The van der Waals surface area contributed by atoms with Gasteiger partial charge < -0.3 is 15.3 Å². The lowest BCUT2D eigenvalue weighted by Gasteiger charge is -2.30. The van der Waals surface area contributed by atoms with E-state index in [1.165, 1.54) is 0 Å². The Morgan fingerprint density at radius 1 is 1.30 bits per heavy atom. The number of piperazine rings is 1. The van der Waals surface area contributed by atoms with Gasteiger partial charge in [-0.25, -0.2) is 0 Å². The summed E-state index contributed by atoms with van der Waals surface area (Å²) in [5.74, 6) is 0.131. The van der Waals surface area contributed by atoms with Gasteiger partial charge in [-0.05, 0) is 20.9 Å². The smallest absolute Gasteiger partial charge is 0.236 e. The summed E-state index contributed by atoms with van der Waals surface area (Å²) in [4.78, 5) is 18.0. The summed E-state index contributed by atoms with van der Waals surface area (Å²) in [5, 5.41) is 13.4. The van der Waals surface area contributed by atoms with Gasteiger partial charge in [0.2, 0.25) is 5.91 Å². The van der Waals surface area contributed by atoms with Crippen LogP contribution in [-0.4, -0.2) is 97.8 Å². The van der Waals surface area contributed by atoms with E-state index in [0.29, 0.717) is 19.6 Å². The van der Waals surface area contributed by atoms with Gasteiger partial charge in [0, 0.05) is 52.4 Å². The number of hydrogen-bond donors (Lipinski definition) is 2. The first-order valence-corrected chi connectivity index (χ1v) is 7.64. The van der Waals surface area contributed by atoms with Gasteiger partial charge in [0.1, 0.15) is 0 Å². The highest BCUT2D eigenvalue weighted by atomic mass is 16.3. The summed E-state index contributed by atoms with van der Waals surface area (Å²) in [6, 6.07) is 0. The van der Waals surface area contributed by atoms with Crippen LogP contribution < -0.4 is 5.32 Å². The average molecular weight is 286 g/mol. The van der Waals surface area contributed by atoms with E-state index in [1.807, 2.05) is 30.7 Å². The van der Waals surface area contributed by atoms with Crippen molar-refractivity contribution in [3.8, 4) is 0 Å². The molecule has 0 spiro atoms. The fourth-order valence-electron chi connectivity index (χ4n) is 2.58. The number of rotatable bonds is 8. The van der Waals surface area contributed by atoms with Crippen LogP contribution in [0.3, 0.4) is 0 Å². The number of aliphatic hydroxyl groups is 1. The number of aliphatic hydroxyl groups excluding tert-OH is 1. The normalized spacial score (nSPS) is 18.2. The summed E-state index contributed by atoms with van der Waals surface area (Å²) in [5.41, 5.74) is 0. The maximum atomic E-state index is 12.0. The van der Waals surface area contributed by atoms with E-state index in [9.17, 15) is 9.90 Å². The lowest BCUT2D eigenvalue weighted by Crippen LogP contribution is -2.48. The van der Waals surface area contributed by atoms with E-state index >= 15 is 0 Å². The van der Waals surface area contributed by atoms with Gasteiger partial charge in [0.25, 0.3) is 0 Å². The van der Waals surface area contributed by atoms with Crippen LogP contribution in [0.15, 0.2) is 0 Å². The molecule has 1 atom stereocenters. The molecule has 0 radical (unpaired) electrons. The molecular formula is C14H30N4O2. The predicted molar refractivity (Wildman–Crippen MR) is 80.7 cm³/mol. The molecule has 0 aromatic heterocycles. The number of hydrogen-bond acceptors (Lipinski definition) is 5. The van der Waals surface area contributed by atoms with Gasteiger partial charge in [-0.15, -0.1) is 0 Å². The standard InChI is InChI=1S/C14H30N4O2/c1-4-18(5-2)14(20)12-16(3)10-13(19)11-17-8-6-15-7-9-17/h13,15,19H,4-12H2,1-3H3. The van der Waals surface area contributed by atoms with E-state index in [4.69, 9.17) is 0 Å². The monoisotopic (exact) mass is 286 g/mol. The molecule has 0 aliphatic carbocycles. The van der Waals surface area contributed by atoms with Crippen LogP contribution in [0, 0.1) is 0 Å². The molecule has 2 N–H and O–H groups in total. The third kappa shape index (κ3) is 6.17. The first kappa shape index (κ1) is 17.4. The Hall–Kier alpha value is -0.690. The Morgan fingerprint density at radius 2 is 1.90 bits per heavy atom. The Bertz CT molecular complexity index is 278. The second kappa shape index (κ2) is 9.28. The number of nitrogens with one attached hydrogen (secondary N) is 1. The fourth-order valence-corrected chi connectivity index (χ4v) is 2.58. The van der Waals surface area contributed by atoms with Crippen molar-refractivity contribution < 1.29 is 9.90 Å². The summed E-state index contributed by atoms with van der Waals surface area (Å²) in [6.07, 6.45) is -0.400. The maximum absolute atomic E-state index is 12.0. The van der Waals surface area contributed by atoms with Crippen LogP contribution in [0.2, 0.25) is 0 Å². The Kier molecular flexibility index (Phi) is 8.06. The molecule has 1 rings (SSSR count). The number of likely N-dealkylation sites (N-methyl/N-ethyl adjacent to an activating group) is 2. The van der Waals surface area contributed by atoms with Crippen molar-refractivity contribution in [1.29, 1.82) is 0 Å². The molecule has 6 nitrogen and oxygen atoms in total. The minimum Gasteiger partial charge on any atom is -0.390 e. The second-order valence-electron chi connectivity index (χ2n) is 5.47. The van der Waals surface area contributed by atoms with Crippen molar-refractivity contribution >= 4 is 5.91 Å². The first-order chi connectivity index (χ1) is 9.56. The molecule has 1 aliphatic heterocycles. The fraction of sp³-hybridized carbons (Fsp3) is 0.929. The molecule has 118 valence electrons. The van der Waals surface area contributed by atoms with Crippen molar-refractivity contribution in [2.45, 2.75) is 20.0 Å². The van der Waals surface area contributed by atoms with Crippen LogP contribution in [0.1, 0.15) is 13.8 Å². The third-order valence-corrected chi connectivity index (χ3v) is 3.72. The number of nitrogens with zero attached hydrogens (tertiary/aromatic N) is 3. The highest BCUT2D eigenvalue weighted by Crippen LogP contribution is 1.99. The molecule has 1 aliphatic rings. The topological polar surface area (TPSA) is 59.1 Å². The molecule has 1 fully saturated rings. The van der Waals surface area contributed by atoms with Crippen LogP contribution in [0.4, 0.5) is 0 Å². The third-order valence-electron chi connectivity index (χ3n) is 3.72. The highest BCUT2D eigenvalue weighted by Gasteiger charge is 2.18. The van der Waals surface area contributed by atoms with Crippen molar-refractivity contribution in [2.75, 3.05) is 66.0 Å². The molecule has 20 heavy (non-hydrogen) atoms. The van der Waals surface area contributed by atoms with Crippen LogP contribution in [-0.2, 0) is 4.79 Å². The number of carbonyl (C=O) groups is 1. The second-order valence-corrected chi connectivity index (χ2v) is 5.47. The summed E-state index contributed by atoms with van der Waals surface area (Å²) in [7, 11) is 1.89. The molecule has 1 unspecified atom stereocenters. The van der Waals surface area contributed by atoms with E-state index in [0.717, 1.165) is 39.3 Å². The van der Waals surface area contributed by atoms with Crippen LogP contribution >= 0.6 is 0 Å². The van der Waals surface area contributed by atoms with Crippen molar-refractivity contribution in [3.05, 3.63) is 0 Å². The van der Waals surface area contributed by atoms with Gasteiger partial charge >= 0.3 is 0 Å². The minimum absolute atomic E-state index is 0.131. The molecule has 1 amide bonds. The zero-order valence-corrected chi connectivity index (χ0v) is 13.1. The van der Waals surface area contributed by atoms with Gasteiger partial charge in [-0.1, -0.05) is 0 Å². The largest absolute Gasteiger partial charge is 0.390 e. The van der Waals surface area contributed by atoms with Gasteiger partial charge in [0.05, 0.1) is 12.6 Å². The number of amides is 1. The van der Waals surface area contributed by atoms with Crippen molar-refractivity contribution in [3.63, 3.8) is 0 Å². The quantitative estimate of drug-likeness (QED) is 0.603. The van der Waals surface area contributed by atoms with E-state index in [-0.39, 0.29) is 5.91 Å². The summed E-state index contributed by atoms with van der Waals surface area (Å²) >= 11 is 0. The minimum atomic E-state index is -0.400. The molecule has 0 aromatic rings. The molecule has 1 heterocycles.